The number of pyridine rings is 2. The van der Waals surface area contributed by atoms with Crippen LogP contribution in [-0.4, -0.2) is 28.8 Å². The zero-order valence-electron chi connectivity index (χ0n) is 16.4. The van der Waals surface area contributed by atoms with E-state index in [9.17, 15) is 9.59 Å². The number of carbonyl (C=O) groups is 2. The van der Waals surface area contributed by atoms with E-state index < -0.39 is 0 Å². The smallest absolute Gasteiger partial charge is 0.257 e. The molecule has 2 amide bonds. The third-order valence-corrected chi connectivity index (χ3v) is 4.91. The Morgan fingerprint density at radius 1 is 1.03 bits per heavy atom. The lowest BCUT2D eigenvalue weighted by Crippen LogP contribution is -2.45. The first kappa shape index (κ1) is 18.6. The number of carbonyl (C=O) groups excluding carboxylic acids is 2. The predicted octanol–water partition coefficient (Wildman–Crippen LogP) is 3.22. The fourth-order valence-electron chi connectivity index (χ4n) is 3.27. The topological polar surface area (TPSA) is 87.2 Å². The van der Waals surface area contributed by atoms with E-state index >= 15 is 0 Å². The van der Waals surface area contributed by atoms with E-state index in [-0.39, 0.29) is 18.0 Å². The number of anilines is 2. The average Bonchev–Trinajstić information content (AvgIpc) is 2.71. The maximum atomic E-state index is 12.5. The van der Waals surface area contributed by atoms with Crippen molar-refractivity contribution in [3.8, 4) is 0 Å². The fourth-order valence-corrected chi connectivity index (χ4v) is 3.27. The summed E-state index contributed by atoms with van der Waals surface area (Å²) in [7, 11) is 1.90. The molecule has 0 radical (unpaired) electrons. The van der Waals surface area contributed by atoms with Gasteiger partial charge in [0.25, 0.3) is 11.8 Å². The van der Waals surface area contributed by atoms with Gasteiger partial charge >= 0.3 is 0 Å². The number of nitrogens with one attached hydrogen (secondary N) is 2. The molecule has 7 nitrogen and oxygen atoms in total. The molecule has 29 heavy (non-hydrogen) atoms. The molecule has 1 aliphatic rings. The Labute approximate surface area is 168 Å². The number of hydrogen-bond donors (Lipinski definition) is 2. The van der Waals surface area contributed by atoms with Gasteiger partial charge in [-0.1, -0.05) is 12.1 Å². The molecule has 146 valence electrons. The molecule has 7 heteroatoms. The molecule has 1 aliphatic heterocycles. The summed E-state index contributed by atoms with van der Waals surface area (Å²) in [6.45, 7) is 3.77. The standard InChI is InChI=1S/C22H21N5O2/c1-13-4-6-16(12-23-13)21(28)25-17-9-7-15(8-10-17)19-26-22(29)18-11-5-14(2)24-20(18)27(19)3/h4-12,19H,1-3H3,(H,25,28)(H,26,29)/t19-/m0/s1. The fraction of sp³-hybridized carbons (Fsp3) is 0.182. The Hall–Kier alpha value is -3.74. The van der Waals surface area contributed by atoms with Gasteiger partial charge in [-0.25, -0.2) is 4.98 Å². The SMILES string of the molecule is Cc1ccc(C(=O)Nc2ccc([C@H]3NC(=O)c4ccc(C)nc4N3C)cc2)cn1. The third-order valence-electron chi connectivity index (χ3n) is 4.91. The van der Waals surface area contributed by atoms with E-state index in [1.54, 1.807) is 24.4 Å². The van der Waals surface area contributed by atoms with Crippen LogP contribution >= 0.6 is 0 Å². The highest BCUT2D eigenvalue weighted by molar-refractivity contribution is 6.04. The van der Waals surface area contributed by atoms with Gasteiger partial charge in [0.2, 0.25) is 0 Å². The first-order chi connectivity index (χ1) is 13.9. The van der Waals surface area contributed by atoms with Crippen LogP contribution in [0.1, 0.15) is 43.8 Å². The van der Waals surface area contributed by atoms with Crippen molar-refractivity contribution in [2.24, 2.45) is 0 Å². The van der Waals surface area contributed by atoms with E-state index in [4.69, 9.17) is 0 Å². The Morgan fingerprint density at radius 3 is 2.45 bits per heavy atom. The number of amides is 2. The molecule has 0 saturated heterocycles. The molecule has 0 aliphatic carbocycles. The van der Waals surface area contributed by atoms with Crippen LogP contribution in [-0.2, 0) is 0 Å². The minimum atomic E-state index is -0.338. The van der Waals surface area contributed by atoms with Gasteiger partial charge in [0.15, 0.2) is 0 Å². The quantitative estimate of drug-likeness (QED) is 0.721. The van der Waals surface area contributed by atoms with Gasteiger partial charge in [-0.05, 0) is 55.8 Å². The summed E-state index contributed by atoms with van der Waals surface area (Å²) in [5.74, 6) is 0.282. The zero-order valence-corrected chi connectivity index (χ0v) is 16.4. The van der Waals surface area contributed by atoms with Crippen molar-refractivity contribution in [3.05, 3.63) is 82.8 Å². The summed E-state index contributed by atoms with van der Waals surface area (Å²) in [6.07, 6.45) is 1.22. The zero-order chi connectivity index (χ0) is 20.5. The highest BCUT2D eigenvalue weighted by atomic mass is 16.2. The number of hydrogen-bond acceptors (Lipinski definition) is 5. The van der Waals surface area contributed by atoms with Gasteiger partial charge in [0.05, 0.1) is 11.1 Å². The Bertz CT molecular complexity index is 1080. The molecule has 2 N–H and O–H groups in total. The van der Waals surface area contributed by atoms with E-state index in [1.807, 2.05) is 56.1 Å². The summed E-state index contributed by atoms with van der Waals surface area (Å²) < 4.78 is 0. The first-order valence-corrected chi connectivity index (χ1v) is 9.28. The number of rotatable bonds is 3. The minimum absolute atomic E-state index is 0.153. The highest BCUT2D eigenvalue weighted by Crippen LogP contribution is 2.30. The largest absolute Gasteiger partial charge is 0.335 e. The van der Waals surface area contributed by atoms with Gasteiger partial charge in [0.1, 0.15) is 12.0 Å². The van der Waals surface area contributed by atoms with Gasteiger partial charge < -0.3 is 15.5 Å². The molecule has 3 heterocycles. The summed E-state index contributed by atoms with van der Waals surface area (Å²) in [5.41, 5.74) is 4.33. The van der Waals surface area contributed by atoms with Crippen LogP contribution in [0.25, 0.3) is 0 Å². The maximum absolute atomic E-state index is 12.5. The average molecular weight is 387 g/mol. The second kappa shape index (κ2) is 7.35. The molecule has 0 fully saturated rings. The molecular weight excluding hydrogens is 366 g/mol. The van der Waals surface area contributed by atoms with Crippen molar-refractivity contribution in [3.63, 3.8) is 0 Å². The number of aryl methyl sites for hydroxylation is 2. The van der Waals surface area contributed by atoms with Crippen LogP contribution < -0.4 is 15.5 Å². The van der Waals surface area contributed by atoms with E-state index in [1.165, 1.54) is 0 Å². The van der Waals surface area contributed by atoms with Crippen molar-refractivity contribution in [2.75, 3.05) is 17.3 Å². The van der Waals surface area contributed by atoms with Crippen molar-refractivity contribution in [1.82, 2.24) is 15.3 Å². The highest BCUT2D eigenvalue weighted by Gasteiger charge is 2.30. The number of fused-ring (bicyclic) bond motifs is 1. The summed E-state index contributed by atoms with van der Waals surface area (Å²) in [6, 6.07) is 14.5. The summed E-state index contributed by atoms with van der Waals surface area (Å²) in [5, 5.41) is 5.86. The molecule has 4 rings (SSSR count). The molecule has 0 saturated carbocycles. The van der Waals surface area contributed by atoms with E-state index in [0.29, 0.717) is 22.6 Å². The van der Waals surface area contributed by atoms with Crippen LogP contribution in [0.3, 0.4) is 0 Å². The van der Waals surface area contributed by atoms with Crippen LogP contribution in [0.4, 0.5) is 11.5 Å². The van der Waals surface area contributed by atoms with Crippen LogP contribution in [0.15, 0.2) is 54.7 Å². The number of nitrogens with zero attached hydrogens (tertiary/aromatic N) is 3. The first-order valence-electron chi connectivity index (χ1n) is 9.28. The lowest BCUT2D eigenvalue weighted by atomic mass is 10.1. The van der Waals surface area contributed by atoms with Crippen molar-refractivity contribution in [2.45, 2.75) is 20.0 Å². The molecule has 1 aromatic carbocycles. The van der Waals surface area contributed by atoms with Crippen molar-refractivity contribution >= 4 is 23.3 Å². The van der Waals surface area contributed by atoms with Crippen LogP contribution in [0.5, 0.6) is 0 Å². The van der Waals surface area contributed by atoms with Crippen LogP contribution in [0.2, 0.25) is 0 Å². The van der Waals surface area contributed by atoms with Crippen molar-refractivity contribution in [1.29, 1.82) is 0 Å². The van der Waals surface area contributed by atoms with Gasteiger partial charge in [0, 0.05) is 30.3 Å². The van der Waals surface area contributed by atoms with E-state index in [2.05, 4.69) is 20.6 Å². The summed E-state index contributed by atoms with van der Waals surface area (Å²) >= 11 is 0. The maximum Gasteiger partial charge on any atom is 0.257 e. The van der Waals surface area contributed by atoms with Gasteiger partial charge in [-0.2, -0.15) is 0 Å². The molecule has 3 aromatic rings. The predicted molar refractivity (Wildman–Crippen MR) is 111 cm³/mol. The molecular formula is C22H21N5O2. The minimum Gasteiger partial charge on any atom is -0.335 e. The van der Waals surface area contributed by atoms with Gasteiger partial charge in [-0.3, -0.25) is 14.6 Å². The second-order valence-electron chi connectivity index (χ2n) is 7.08. The monoisotopic (exact) mass is 387 g/mol. The number of aromatic nitrogens is 2. The normalized spacial score (nSPS) is 15.5. The molecule has 0 spiro atoms. The van der Waals surface area contributed by atoms with E-state index in [0.717, 1.165) is 17.0 Å². The second-order valence-corrected chi connectivity index (χ2v) is 7.08. The van der Waals surface area contributed by atoms with Crippen molar-refractivity contribution < 1.29 is 9.59 Å². The lowest BCUT2D eigenvalue weighted by molar-refractivity contribution is 0.0926. The lowest BCUT2D eigenvalue weighted by Gasteiger charge is -2.35. The Morgan fingerprint density at radius 2 is 1.76 bits per heavy atom. The molecule has 1 atom stereocenters. The Balaban J connectivity index is 1.53. The molecule has 0 unspecified atom stereocenters. The third kappa shape index (κ3) is 3.67. The number of benzene rings is 1. The van der Waals surface area contributed by atoms with Gasteiger partial charge in [-0.15, -0.1) is 0 Å². The van der Waals surface area contributed by atoms with Crippen LogP contribution in [0, 0.1) is 13.8 Å². The molecule has 0 bridgehead atoms. The summed E-state index contributed by atoms with van der Waals surface area (Å²) in [4.78, 5) is 35.4. The Kier molecular flexibility index (Phi) is 4.72. The molecule has 2 aromatic heterocycles.